The van der Waals surface area contributed by atoms with Gasteiger partial charge in [0.15, 0.2) is 0 Å². The van der Waals surface area contributed by atoms with E-state index in [0.29, 0.717) is 19.4 Å². The third-order valence-electron chi connectivity index (χ3n) is 5.72. The van der Waals surface area contributed by atoms with Gasteiger partial charge in [-0.2, -0.15) is 0 Å². The third-order valence-corrected chi connectivity index (χ3v) is 5.72. The van der Waals surface area contributed by atoms with Gasteiger partial charge in [-0.25, -0.2) is 4.39 Å². The minimum atomic E-state index is -0.264. The van der Waals surface area contributed by atoms with Crippen LogP contribution >= 0.6 is 0 Å². The van der Waals surface area contributed by atoms with Gasteiger partial charge in [-0.05, 0) is 48.2 Å². The number of furan rings is 1. The Kier molecular flexibility index (Phi) is 6.86. The molecule has 0 fully saturated rings. The highest BCUT2D eigenvalue weighted by molar-refractivity contribution is 5.77. The summed E-state index contributed by atoms with van der Waals surface area (Å²) in [6.07, 6.45) is 3.64. The molecule has 0 aliphatic heterocycles. The number of carbonyl (C=O) groups is 1. The summed E-state index contributed by atoms with van der Waals surface area (Å²) in [7, 11) is 0. The van der Waals surface area contributed by atoms with Crippen LogP contribution < -0.4 is 5.32 Å². The van der Waals surface area contributed by atoms with Crippen LogP contribution in [0.2, 0.25) is 0 Å². The summed E-state index contributed by atoms with van der Waals surface area (Å²) in [4.78, 5) is 12.7. The van der Waals surface area contributed by atoms with Gasteiger partial charge in [-0.1, -0.05) is 56.3 Å². The first-order valence-electron chi connectivity index (χ1n) is 10.1. The summed E-state index contributed by atoms with van der Waals surface area (Å²) in [5, 5.41) is 3.06. The average molecular weight is 394 g/mol. The van der Waals surface area contributed by atoms with Gasteiger partial charge in [0.25, 0.3) is 0 Å². The maximum Gasteiger partial charge on any atom is 0.220 e. The molecule has 0 aliphatic carbocycles. The second-order valence-corrected chi connectivity index (χ2v) is 7.72. The van der Waals surface area contributed by atoms with Crippen LogP contribution in [0, 0.1) is 5.82 Å². The Balaban J connectivity index is 1.62. The fraction of sp³-hybridized carbons (Fsp3) is 0.320. The molecule has 29 heavy (non-hydrogen) atoms. The third kappa shape index (κ3) is 5.35. The molecule has 3 nitrogen and oxygen atoms in total. The van der Waals surface area contributed by atoms with E-state index < -0.39 is 0 Å². The molecular formula is C25H28FNO2. The molecule has 0 saturated heterocycles. The summed E-state index contributed by atoms with van der Waals surface area (Å²) >= 11 is 0. The molecule has 1 amide bonds. The van der Waals surface area contributed by atoms with Crippen molar-refractivity contribution >= 4 is 5.91 Å². The Morgan fingerprint density at radius 2 is 1.79 bits per heavy atom. The van der Waals surface area contributed by atoms with E-state index in [1.807, 2.05) is 30.3 Å². The Morgan fingerprint density at radius 3 is 2.41 bits per heavy atom. The van der Waals surface area contributed by atoms with Gasteiger partial charge >= 0.3 is 0 Å². The van der Waals surface area contributed by atoms with Crippen LogP contribution in [-0.2, 0) is 10.2 Å². The minimum absolute atomic E-state index is 0.0300. The number of benzene rings is 2. The van der Waals surface area contributed by atoms with E-state index in [-0.39, 0.29) is 23.1 Å². The summed E-state index contributed by atoms with van der Waals surface area (Å²) < 4.78 is 18.9. The quantitative estimate of drug-likeness (QED) is 0.498. The number of amides is 1. The van der Waals surface area contributed by atoms with Gasteiger partial charge in [-0.15, -0.1) is 0 Å². The molecule has 1 aromatic heterocycles. The first-order chi connectivity index (χ1) is 14.0. The highest BCUT2D eigenvalue weighted by atomic mass is 19.1. The lowest BCUT2D eigenvalue weighted by Gasteiger charge is -2.28. The number of carbonyl (C=O) groups excluding carboxylic acids is 1. The zero-order valence-electron chi connectivity index (χ0n) is 17.0. The fourth-order valence-electron chi connectivity index (χ4n) is 3.70. The topological polar surface area (TPSA) is 42.2 Å². The summed E-state index contributed by atoms with van der Waals surface area (Å²) in [6, 6.07) is 20.4. The maximum absolute atomic E-state index is 13.3. The van der Waals surface area contributed by atoms with Crippen molar-refractivity contribution in [3.63, 3.8) is 0 Å². The first-order valence-corrected chi connectivity index (χ1v) is 10.1. The van der Waals surface area contributed by atoms with Gasteiger partial charge in [0.2, 0.25) is 5.91 Å². The lowest BCUT2D eigenvalue weighted by atomic mass is 9.77. The lowest BCUT2D eigenvalue weighted by molar-refractivity contribution is -0.122. The standard InChI is InChI=1S/C25H28FNO2/c1-3-25(2,20-8-5-4-6-9-20)18-24(28)27-16-15-22(23-10-7-17-29-23)19-11-13-21(26)14-12-19/h4-14,17,22H,3,15-16,18H2,1-2H3,(H,27,28)/t22-,25-/m0/s1. The highest BCUT2D eigenvalue weighted by Crippen LogP contribution is 2.31. The Hall–Kier alpha value is -2.88. The SMILES string of the molecule is CC[C@@](C)(CC(=O)NCC[C@@H](c1ccc(F)cc1)c1ccco1)c1ccccc1. The number of rotatable bonds is 9. The van der Waals surface area contributed by atoms with Crippen LogP contribution in [0.1, 0.15) is 55.9 Å². The van der Waals surface area contributed by atoms with Gasteiger partial charge in [-0.3, -0.25) is 4.79 Å². The number of halogens is 1. The summed E-state index contributed by atoms with van der Waals surface area (Å²) in [6.45, 7) is 4.77. The molecule has 4 heteroatoms. The van der Waals surface area contributed by atoms with Gasteiger partial charge in [0, 0.05) is 24.3 Å². The van der Waals surface area contributed by atoms with E-state index in [2.05, 4.69) is 31.3 Å². The molecule has 0 spiro atoms. The van der Waals surface area contributed by atoms with Crippen molar-refractivity contribution in [2.45, 2.75) is 44.4 Å². The molecule has 3 rings (SSSR count). The molecule has 3 aromatic rings. The van der Waals surface area contributed by atoms with Gasteiger partial charge in [0.1, 0.15) is 11.6 Å². The van der Waals surface area contributed by atoms with Crippen LogP contribution in [0.25, 0.3) is 0 Å². The normalized spacial score (nSPS) is 14.2. The van der Waals surface area contributed by atoms with Crippen molar-refractivity contribution in [3.8, 4) is 0 Å². The van der Waals surface area contributed by atoms with Crippen LogP contribution in [0.3, 0.4) is 0 Å². The Bertz CT molecular complexity index is 890. The molecule has 1 heterocycles. The van der Waals surface area contributed by atoms with E-state index in [0.717, 1.165) is 17.7 Å². The fourth-order valence-corrected chi connectivity index (χ4v) is 3.70. The van der Waals surface area contributed by atoms with E-state index in [1.54, 1.807) is 18.4 Å². The Morgan fingerprint density at radius 1 is 1.07 bits per heavy atom. The number of hydrogen-bond acceptors (Lipinski definition) is 2. The maximum atomic E-state index is 13.3. The molecular weight excluding hydrogens is 365 g/mol. The molecule has 0 unspecified atom stereocenters. The predicted octanol–water partition coefficient (Wildman–Crippen LogP) is 5.81. The molecule has 0 aliphatic rings. The molecule has 2 atom stereocenters. The number of nitrogens with one attached hydrogen (secondary N) is 1. The van der Waals surface area contributed by atoms with E-state index in [9.17, 15) is 9.18 Å². The largest absolute Gasteiger partial charge is 0.469 e. The molecule has 0 radical (unpaired) electrons. The highest BCUT2D eigenvalue weighted by Gasteiger charge is 2.27. The van der Waals surface area contributed by atoms with Crippen molar-refractivity contribution in [3.05, 3.63) is 95.7 Å². The van der Waals surface area contributed by atoms with Crippen molar-refractivity contribution in [2.75, 3.05) is 6.54 Å². The second-order valence-electron chi connectivity index (χ2n) is 7.72. The molecule has 1 N–H and O–H groups in total. The zero-order valence-corrected chi connectivity index (χ0v) is 17.0. The molecule has 2 aromatic carbocycles. The van der Waals surface area contributed by atoms with Crippen LogP contribution in [0.15, 0.2) is 77.4 Å². The molecule has 0 saturated carbocycles. The van der Waals surface area contributed by atoms with E-state index in [4.69, 9.17) is 4.42 Å². The van der Waals surface area contributed by atoms with Gasteiger partial charge in [0.05, 0.1) is 6.26 Å². The summed E-state index contributed by atoms with van der Waals surface area (Å²) in [5.41, 5.74) is 1.96. The second kappa shape index (κ2) is 9.55. The van der Waals surface area contributed by atoms with Crippen molar-refractivity contribution in [1.82, 2.24) is 5.32 Å². The van der Waals surface area contributed by atoms with Crippen LogP contribution in [0.5, 0.6) is 0 Å². The smallest absolute Gasteiger partial charge is 0.220 e. The lowest BCUT2D eigenvalue weighted by Crippen LogP contribution is -2.33. The monoisotopic (exact) mass is 393 g/mol. The van der Waals surface area contributed by atoms with Crippen LogP contribution in [0.4, 0.5) is 4.39 Å². The predicted molar refractivity (Wildman–Crippen MR) is 113 cm³/mol. The van der Waals surface area contributed by atoms with Crippen molar-refractivity contribution < 1.29 is 13.6 Å². The van der Waals surface area contributed by atoms with Gasteiger partial charge < -0.3 is 9.73 Å². The number of hydrogen-bond donors (Lipinski definition) is 1. The average Bonchev–Trinajstić information content (AvgIpc) is 3.27. The Labute approximate surface area is 172 Å². The molecule has 152 valence electrons. The summed E-state index contributed by atoms with van der Waals surface area (Å²) in [5.74, 6) is 0.557. The van der Waals surface area contributed by atoms with E-state index in [1.165, 1.54) is 17.7 Å². The zero-order chi connectivity index (χ0) is 20.7. The van der Waals surface area contributed by atoms with Crippen molar-refractivity contribution in [2.24, 2.45) is 0 Å². The minimum Gasteiger partial charge on any atom is -0.469 e. The van der Waals surface area contributed by atoms with Crippen molar-refractivity contribution in [1.29, 1.82) is 0 Å². The first kappa shape index (κ1) is 20.8. The molecule has 0 bridgehead atoms. The van der Waals surface area contributed by atoms with E-state index >= 15 is 0 Å². The van der Waals surface area contributed by atoms with Crippen LogP contribution in [-0.4, -0.2) is 12.5 Å².